The van der Waals surface area contributed by atoms with Crippen molar-refractivity contribution in [2.45, 2.75) is 38.6 Å². The van der Waals surface area contributed by atoms with Gasteiger partial charge in [-0.2, -0.15) is 4.57 Å². The molecule has 0 saturated carbocycles. The van der Waals surface area contributed by atoms with Crippen molar-refractivity contribution in [2.75, 3.05) is 66.8 Å². The van der Waals surface area contributed by atoms with Crippen LogP contribution in [0, 0.1) is 5.92 Å². The highest BCUT2D eigenvalue weighted by atomic mass is 16.4. The van der Waals surface area contributed by atoms with Gasteiger partial charge in [0.25, 0.3) is 5.52 Å². The summed E-state index contributed by atoms with van der Waals surface area (Å²) < 4.78 is 11.0. The predicted octanol–water partition coefficient (Wildman–Crippen LogP) is 6.51. The molecule has 5 heteroatoms. The first-order valence-corrected chi connectivity index (χ1v) is 15.1. The van der Waals surface area contributed by atoms with Gasteiger partial charge in [0.05, 0.1) is 60.9 Å². The van der Waals surface area contributed by atoms with Gasteiger partial charge < -0.3 is 18.3 Å². The van der Waals surface area contributed by atoms with Crippen LogP contribution in [-0.2, 0) is 6.54 Å². The maximum absolute atomic E-state index is 6.52. The quantitative estimate of drug-likeness (QED) is 0.227. The van der Waals surface area contributed by atoms with E-state index in [0.717, 1.165) is 52.9 Å². The van der Waals surface area contributed by atoms with Gasteiger partial charge in [0.2, 0.25) is 5.58 Å². The van der Waals surface area contributed by atoms with Crippen LogP contribution in [0.15, 0.2) is 77.4 Å². The third-order valence-corrected chi connectivity index (χ3v) is 8.24. The van der Waals surface area contributed by atoms with Crippen LogP contribution in [0.5, 0.6) is 0 Å². The van der Waals surface area contributed by atoms with Crippen molar-refractivity contribution in [3.63, 3.8) is 0 Å². The van der Waals surface area contributed by atoms with Gasteiger partial charge in [-0.15, -0.1) is 0 Å². The highest BCUT2D eigenvalue weighted by Gasteiger charge is 2.32. The lowest BCUT2D eigenvalue weighted by atomic mass is 9.95. The summed E-state index contributed by atoms with van der Waals surface area (Å²) in [4.78, 5) is 2.41. The number of quaternary nitrogens is 2. The minimum Gasteiger partial charge on any atom is -0.398 e. The van der Waals surface area contributed by atoms with Crippen LogP contribution >= 0.6 is 0 Å². The van der Waals surface area contributed by atoms with E-state index >= 15 is 0 Å². The summed E-state index contributed by atoms with van der Waals surface area (Å²) in [7, 11) is 13.7. The van der Waals surface area contributed by atoms with E-state index in [4.69, 9.17) is 4.42 Å². The second kappa shape index (κ2) is 11.8. The normalized spacial score (nSPS) is 19.8. The molecular weight excluding hydrogens is 492 g/mol. The molecule has 1 unspecified atom stereocenters. The molecule has 0 spiro atoms. The second-order valence-electron chi connectivity index (χ2n) is 13.8. The van der Waals surface area contributed by atoms with E-state index in [9.17, 15) is 0 Å². The fraction of sp³-hybridized carbons (Fsp3) is 0.457. The molecule has 0 fully saturated rings. The minimum absolute atomic E-state index is 0.658. The number of allylic oxidation sites excluding steroid dienone is 5. The van der Waals surface area contributed by atoms with Crippen LogP contribution in [0.2, 0.25) is 0 Å². The van der Waals surface area contributed by atoms with E-state index in [1.54, 1.807) is 0 Å². The Morgan fingerprint density at radius 1 is 0.900 bits per heavy atom. The zero-order valence-corrected chi connectivity index (χ0v) is 25.6. The average molecular weight is 542 g/mol. The van der Waals surface area contributed by atoms with Gasteiger partial charge in [-0.3, -0.25) is 0 Å². The Balaban J connectivity index is 1.42. The molecule has 2 aliphatic rings. The summed E-state index contributed by atoms with van der Waals surface area (Å²) in [5, 5.41) is 0. The number of aromatic nitrogens is 1. The van der Waals surface area contributed by atoms with E-state index < -0.39 is 0 Å². The minimum atomic E-state index is 0.658. The molecule has 2 aliphatic heterocycles. The lowest BCUT2D eigenvalue weighted by Gasteiger charge is -2.29. The van der Waals surface area contributed by atoms with Crippen molar-refractivity contribution in [3.8, 4) is 0 Å². The van der Waals surface area contributed by atoms with Crippen molar-refractivity contribution in [1.29, 1.82) is 0 Å². The number of para-hydroxylation sites is 3. The van der Waals surface area contributed by atoms with Gasteiger partial charge in [0, 0.05) is 42.4 Å². The number of anilines is 1. The lowest BCUT2D eigenvalue weighted by Crippen LogP contribution is -2.39. The second-order valence-corrected chi connectivity index (χ2v) is 13.8. The molecule has 40 heavy (non-hydrogen) atoms. The first kappa shape index (κ1) is 28.4. The number of rotatable bonds is 9. The molecular formula is C35H49N4O+3. The van der Waals surface area contributed by atoms with Gasteiger partial charge in [-0.25, -0.2) is 0 Å². The summed E-state index contributed by atoms with van der Waals surface area (Å²) in [5.74, 6) is 1.69. The van der Waals surface area contributed by atoms with E-state index in [-0.39, 0.29) is 0 Å². The van der Waals surface area contributed by atoms with Crippen molar-refractivity contribution in [3.05, 3.63) is 84.4 Å². The number of hydrogen-bond acceptors (Lipinski definition) is 2. The molecule has 0 bridgehead atoms. The van der Waals surface area contributed by atoms with Crippen LogP contribution in [0.3, 0.4) is 0 Å². The Morgan fingerprint density at radius 2 is 1.62 bits per heavy atom. The zero-order valence-electron chi connectivity index (χ0n) is 25.6. The van der Waals surface area contributed by atoms with Gasteiger partial charge in [0.1, 0.15) is 0 Å². The molecule has 0 aliphatic carbocycles. The standard InChI is InChI=1S/C35H49N4O/c1-38(2,3)25-11-13-28-18-19-30(35-37(27-28)33-16-9-10-17-34(33)40-35)21-20-29-22-24-36(23-12-26-39(4,5)6)32-15-8-7-14-31(29)32/h7-10,14-17,20-22,24,28H,11-13,18-19,23,25-27H2,1-6H3/q+3. The van der Waals surface area contributed by atoms with E-state index in [2.05, 4.69) is 125 Å². The molecule has 212 valence electrons. The molecule has 5 rings (SSSR count). The molecule has 2 aromatic carbocycles. The van der Waals surface area contributed by atoms with Crippen LogP contribution in [0.25, 0.3) is 22.2 Å². The van der Waals surface area contributed by atoms with E-state index in [0.29, 0.717) is 5.92 Å². The Kier molecular flexibility index (Phi) is 8.34. The van der Waals surface area contributed by atoms with Crippen molar-refractivity contribution in [2.24, 2.45) is 5.92 Å². The maximum Gasteiger partial charge on any atom is 0.377 e. The predicted molar refractivity (Wildman–Crippen MR) is 168 cm³/mol. The van der Waals surface area contributed by atoms with Crippen LogP contribution < -0.4 is 9.47 Å². The third-order valence-electron chi connectivity index (χ3n) is 8.24. The largest absolute Gasteiger partial charge is 0.398 e. The van der Waals surface area contributed by atoms with Gasteiger partial charge in [0.15, 0.2) is 6.54 Å². The summed E-state index contributed by atoms with van der Waals surface area (Å²) in [6.45, 7) is 4.44. The van der Waals surface area contributed by atoms with Gasteiger partial charge in [-0.05, 0) is 55.5 Å². The first-order chi connectivity index (χ1) is 19.1. The van der Waals surface area contributed by atoms with Crippen molar-refractivity contribution in [1.82, 2.24) is 0 Å². The molecule has 1 aromatic heterocycles. The van der Waals surface area contributed by atoms with Crippen LogP contribution in [0.4, 0.5) is 5.69 Å². The molecule has 3 heterocycles. The molecule has 0 amide bonds. The fourth-order valence-electron chi connectivity index (χ4n) is 6.07. The molecule has 0 N–H and O–H groups in total. The molecule has 1 atom stereocenters. The fourth-order valence-corrected chi connectivity index (χ4v) is 6.07. The number of oxazole rings is 1. The molecule has 5 nitrogen and oxygen atoms in total. The molecule has 0 radical (unpaired) electrons. The zero-order chi connectivity index (χ0) is 28.3. The van der Waals surface area contributed by atoms with Crippen molar-refractivity contribution < 1.29 is 18.0 Å². The summed E-state index contributed by atoms with van der Waals surface area (Å²) in [6.07, 6.45) is 15.1. The lowest BCUT2D eigenvalue weighted by molar-refractivity contribution is -0.870. The SMILES string of the molecule is C[N+](C)(C)CCCC1CC/C(=C/C=C2/C=CN(CCC[N+](C)(C)C)c3ccccc32)c2oc3ccccc3[n+]2C1. The Labute approximate surface area is 241 Å². The summed E-state index contributed by atoms with van der Waals surface area (Å²) >= 11 is 0. The van der Waals surface area contributed by atoms with Gasteiger partial charge in [-0.1, -0.05) is 36.4 Å². The molecule has 3 aromatic rings. The third kappa shape index (κ3) is 6.94. The highest BCUT2D eigenvalue weighted by Crippen LogP contribution is 2.35. The number of nitrogens with zero attached hydrogens (tertiary/aromatic N) is 4. The van der Waals surface area contributed by atoms with Crippen molar-refractivity contribution >= 4 is 27.9 Å². The summed E-state index contributed by atoms with van der Waals surface area (Å²) in [5.41, 5.74) is 7.35. The van der Waals surface area contributed by atoms with Crippen LogP contribution in [-0.4, -0.2) is 70.9 Å². The number of benzene rings is 2. The maximum atomic E-state index is 6.52. The monoisotopic (exact) mass is 541 g/mol. The smallest absolute Gasteiger partial charge is 0.377 e. The Morgan fingerprint density at radius 3 is 2.42 bits per heavy atom. The van der Waals surface area contributed by atoms with Crippen LogP contribution in [0.1, 0.15) is 43.6 Å². The van der Waals surface area contributed by atoms with E-state index in [1.807, 2.05) is 0 Å². The average Bonchev–Trinajstić information content (AvgIpc) is 3.16. The first-order valence-electron chi connectivity index (χ1n) is 15.1. The Bertz CT molecular complexity index is 1410. The van der Waals surface area contributed by atoms with E-state index in [1.165, 1.54) is 53.7 Å². The number of hydrogen-bond donors (Lipinski definition) is 0. The van der Waals surface area contributed by atoms with Gasteiger partial charge >= 0.3 is 5.89 Å². The highest BCUT2D eigenvalue weighted by molar-refractivity contribution is 5.87. The molecule has 0 saturated heterocycles. The number of fused-ring (bicyclic) bond motifs is 4. The Hall–Kier alpha value is -3.15. The topological polar surface area (TPSA) is 20.3 Å². The summed E-state index contributed by atoms with van der Waals surface area (Å²) in [6, 6.07) is 17.3.